The van der Waals surface area contributed by atoms with E-state index in [1.807, 2.05) is 24.3 Å². The number of hydrogen-bond acceptors (Lipinski definition) is 6. The fraction of sp³-hybridized carbons (Fsp3) is 0.261. The zero-order valence-corrected chi connectivity index (χ0v) is 17.8. The third kappa shape index (κ3) is 4.36. The number of amides is 1. The van der Waals surface area contributed by atoms with Crippen LogP contribution in [-0.2, 0) is 17.9 Å². The summed E-state index contributed by atoms with van der Waals surface area (Å²) in [6.45, 7) is 3.31. The van der Waals surface area contributed by atoms with E-state index >= 15 is 0 Å². The number of hydrogen-bond donors (Lipinski definition) is 1. The lowest BCUT2D eigenvalue weighted by molar-refractivity contribution is -0.384. The number of imidazole rings is 1. The van der Waals surface area contributed by atoms with Gasteiger partial charge in [-0.25, -0.2) is 9.97 Å². The number of nitrogen functional groups attached to an aromatic ring is 1. The van der Waals surface area contributed by atoms with Crippen LogP contribution in [0.2, 0.25) is 0 Å². The lowest BCUT2D eigenvalue weighted by atomic mass is 10.1. The first-order chi connectivity index (χ1) is 15.4. The molecule has 0 aliphatic carbocycles. The molecule has 2 heterocycles. The van der Waals surface area contributed by atoms with Gasteiger partial charge in [0.25, 0.3) is 5.69 Å². The third-order valence-corrected chi connectivity index (χ3v) is 5.52. The average molecular weight is 432 g/mol. The summed E-state index contributed by atoms with van der Waals surface area (Å²) in [7, 11) is 0. The number of rotatable bonds is 8. The van der Waals surface area contributed by atoms with Crippen molar-refractivity contribution in [3.05, 3.63) is 70.5 Å². The minimum absolute atomic E-state index is 0.0266. The summed E-state index contributed by atoms with van der Waals surface area (Å²) >= 11 is 0. The highest BCUT2D eigenvalue weighted by Gasteiger charge is 2.13. The molecule has 0 spiro atoms. The topological polar surface area (TPSA) is 120 Å². The standard InChI is InChI=1S/C23H24N6O3/c1-16(30)27(14-17-8-10-18(11-9-17)29(31)32)12-4-5-13-28-15-25-21-22(28)19-6-2-3-7-20(19)26-23(21)24/h2-3,6-11,15H,4-5,12-14H2,1H3,(H2,24,26). The molecule has 32 heavy (non-hydrogen) atoms. The Morgan fingerprint density at radius 1 is 1.16 bits per heavy atom. The van der Waals surface area contributed by atoms with Crippen LogP contribution in [0.5, 0.6) is 0 Å². The van der Waals surface area contributed by atoms with Crippen LogP contribution in [0.15, 0.2) is 54.9 Å². The fourth-order valence-corrected chi connectivity index (χ4v) is 3.85. The summed E-state index contributed by atoms with van der Waals surface area (Å²) in [5.41, 5.74) is 9.51. The van der Waals surface area contributed by atoms with Gasteiger partial charge in [-0.2, -0.15) is 0 Å². The Morgan fingerprint density at radius 3 is 2.62 bits per heavy atom. The number of aryl methyl sites for hydroxylation is 1. The normalized spacial score (nSPS) is 11.2. The number of para-hydroxylation sites is 1. The van der Waals surface area contributed by atoms with Crippen LogP contribution in [0.1, 0.15) is 25.3 Å². The van der Waals surface area contributed by atoms with Crippen molar-refractivity contribution in [2.75, 3.05) is 12.3 Å². The van der Waals surface area contributed by atoms with Gasteiger partial charge in [0.15, 0.2) is 5.82 Å². The van der Waals surface area contributed by atoms with Gasteiger partial charge in [0.05, 0.1) is 22.3 Å². The Bertz CT molecular complexity index is 1280. The second-order valence-electron chi connectivity index (χ2n) is 7.72. The molecule has 0 fully saturated rings. The van der Waals surface area contributed by atoms with E-state index in [0.29, 0.717) is 24.4 Å². The Morgan fingerprint density at radius 2 is 1.91 bits per heavy atom. The first-order valence-electron chi connectivity index (χ1n) is 10.4. The number of unbranched alkanes of at least 4 members (excludes halogenated alkanes) is 1. The quantitative estimate of drug-likeness (QED) is 0.256. The Hall–Kier alpha value is -4.01. The van der Waals surface area contributed by atoms with Crippen LogP contribution in [0.4, 0.5) is 11.5 Å². The molecule has 4 aromatic rings. The van der Waals surface area contributed by atoms with Crippen molar-refractivity contribution in [3.8, 4) is 0 Å². The van der Waals surface area contributed by atoms with Gasteiger partial charge in [0.2, 0.25) is 5.91 Å². The molecule has 4 rings (SSSR count). The largest absolute Gasteiger partial charge is 0.382 e. The van der Waals surface area contributed by atoms with Crippen LogP contribution in [-0.4, -0.2) is 36.8 Å². The van der Waals surface area contributed by atoms with Gasteiger partial charge < -0.3 is 15.2 Å². The van der Waals surface area contributed by atoms with Gasteiger partial charge in [0, 0.05) is 44.1 Å². The van der Waals surface area contributed by atoms with Gasteiger partial charge in [-0.15, -0.1) is 0 Å². The number of nitrogens with two attached hydrogens (primary N) is 1. The number of nitro benzene ring substituents is 1. The smallest absolute Gasteiger partial charge is 0.269 e. The van der Waals surface area contributed by atoms with Gasteiger partial charge in [-0.1, -0.05) is 30.3 Å². The SMILES string of the molecule is CC(=O)N(CCCCn1cnc2c(N)nc3ccccc3c21)Cc1ccc([N+](=O)[O-])cc1. The lowest BCUT2D eigenvalue weighted by Crippen LogP contribution is -2.29. The van der Waals surface area contributed by atoms with Gasteiger partial charge in [-0.3, -0.25) is 14.9 Å². The highest BCUT2D eigenvalue weighted by atomic mass is 16.6. The summed E-state index contributed by atoms with van der Waals surface area (Å²) < 4.78 is 2.09. The third-order valence-electron chi connectivity index (χ3n) is 5.52. The van der Waals surface area contributed by atoms with E-state index in [1.165, 1.54) is 19.1 Å². The number of nitrogens with zero attached hydrogens (tertiary/aromatic N) is 5. The Labute approximate surface area is 184 Å². The predicted octanol–water partition coefficient (Wildman–Crippen LogP) is 3.90. The molecule has 0 bridgehead atoms. The van der Waals surface area contributed by atoms with E-state index in [9.17, 15) is 14.9 Å². The number of aromatic nitrogens is 3. The predicted molar refractivity (Wildman–Crippen MR) is 123 cm³/mol. The first-order valence-corrected chi connectivity index (χ1v) is 10.4. The molecule has 0 radical (unpaired) electrons. The number of benzene rings is 2. The summed E-state index contributed by atoms with van der Waals surface area (Å²) in [6, 6.07) is 14.2. The maximum absolute atomic E-state index is 12.1. The zero-order valence-electron chi connectivity index (χ0n) is 17.8. The molecule has 0 saturated carbocycles. The average Bonchev–Trinajstić information content (AvgIpc) is 3.21. The molecule has 0 aliphatic heterocycles. The van der Waals surface area contributed by atoms with Crippen molar-refractivity contribution in [2.45, 2.75) is 32.9 Å². The molecule has 0 atom stereocenters. The molecule has 2 aromatic heterocycles. The fourth-order valence-electron chi connectivity index (χ4n) is 3.85. The molecule has 0 aliphatic rings. The second-order valence-corrected chi connectivity index (χ2v) is 7.72. The van der Waals surface area contributed by atoms with Crippen LogP contribution in [0, 0.1) is 10.1 Å². The molecule has 0 unspecified atom stereocenters. The molecule has 164 valence electrons. The maximum Gasteiger partial charge on any atom is 0.269 e. The Balaban J connectivity index is 1.41. The van der Waals surface area contributed by atoms with Gasteiger partial charge in [0.1, 0.15) is 5.52 Å². The number of pyridine rings is 1. The molecule has 2 aromatic carbocycles. The highest BCUT2D eigenvalue weighted by molar-refractivity contribution is 6.06. The minimum atomic E-state index is -0.431. The Kier molecular flexibility index (Phi) is 5.98. The van der Waals surface area contributed by atoms with Crippen molar-refractivity contribution in [3.63, 3.8) is 0 Å². The molecular weight excluding hydrogens is 408 g/mol. The van der Waals surface area contributed by atoms with E-state index in [4.69, 9.17) is 5.73 Å². The summed E-state index contributed by atoms with van der Waals surface area (Å²) in [4.78, 5) is 33.1. The van der Waals surface area contributed by atoms with E-state index in [0.717, 1.165) is 41.4 Å². The van der Waals surface area contributed by atoms with Gasteiger partial charge in [-0.05, 0) is 24.5 Å². The number of non-ortho nitro benzene ring substituents is 1. The maximum atomic E-state index is 12.1. The van der Waals surface area contributed by atoms with E-state index in [-0.39, 0.29) is 11.6 Å². The van der Waals surface area contributed by atoms with Gasteiger partial charge >= 0.3 is 0 Å². The summed E-state index contributed by atoms with van der Waals surface area (Å²) in [6.07, 6.45) is 3.45. The number of carbonyl (C=O) groups excluding carboxylic acids is 1. The van der Waals surface area contributed by atoms with Crippen LogP contribution < -0.4 is 5.73 Å². The second kappa shape index (κ2) is 9.01. The van der Waals surface area contributed by atoms with Crippen LogP contribution in [0.3, 0.4) is 0 Å². The van der Waals surface area contributed by atoms with E-state index in [2.05, 4.69) is 14.5 Å². The molecule has 9 nitrogen and oxygen atoms in total. The summed E-state index contributed by atoms with van der Waals surface area (Å²) in [5, 5.41) is 11.8. The molecule has 2 N–H and O–H groups in total. The number of fused-ring (bicyclic) bond motifs is 3. The number of nitro groups is 1. The first kappa shape index (κ1) is 21.2. The monoisotopic (exact) mass is 432 g/mol. The van der Waals surface area contributed by atoms with Crippen LogP contribution >= 0.6 is 0 Å². The van der Waals surface area contributed by atoms with E-state index in [1.54, 1.807) is 23.4 Å². The van der Waals surface area contributed by atoms with E-state index < -0.39 is 4.92 Å². The molecular formula is C23H24N6O3. The highest BCUT2D eigenvalue weighted by Crippen LogP contribution is 2.27. The van der Waals surface area contributed by atoms with Crippen LogP contribution in [0.25, 0.3) is 21.9 Å². The van der Waals surface area contributed by atoms with Crippen molar-refractivity contribution in [2.24, 2.45) is 0 Å². The number of carbonyl (C=O) groups is 1. The molecule has 9 heteroatoms. The van der Waals surface area contributed by atoms with Crippen molar-refractivity contribution >= 4 is 39.3 Å². The lowest BCUT2D eigenvalue weighted by Gasteiger charge is -2.21. The van der Waals surface area contributed by atoms with Crippen molar-refractivity contribution < 1.29 is 9.72 Å². The summed E-state index contributed by atoms with van der Waals surface area (Å²) in [5.74, 6) is 0.393. The molecule has 0 saturated heterocycles. The van der Waals surface area contributed by atoms with Crippen molar-refractivity contribution in [1.82, 2.24) is 19.4 Å². The minimum Gasteiger partial charge on any atom is -0.382 e. The molecule has 1 amide bonds. The zero-order chi connectivity index (χ0) is 22.7. The number of anilines is 1. The van der Waals surface area contributed by atoms with Crippen molar-refractivity contribution in [1.29, 1.82) is 0 Å².